The van der Waals surface area contributed by atoms with Gasteiger partial charge in [0.15, 0.2) is 17.1 Å². The molecular weight excluding hydrogens is 392 g/mol. The number of hydrogen-bond acceptors (Lipinski definition) is 8. The van der Waals surface area contributed by atoms with Gasteiger partial charge in [0.05, 0.1) is 43.0 Å². The van der Waals surface area contributed by atoms with Crippen LogP contribution in [-0.2, 0) is 14.8 Å². The molecule has 0 atom stereocenters. The predicted molar refractivity (Wildman–Crippen MR) is 98.5 cm³/mol. The minimum absolute atomic E-state index is 0.0693. The number of anilines is 1. The number of fused-ring (bicyclic) bond motifs is 1. The van der Waals surface area contributed by atoms with E-state index in [0.717, 1.165) is 0 Å². The van der Waals surface area contributed by atoms with Gasteiger partial charge in [-0.15, -0.1) is 0 Å². The number of hydrogen-bond donors (Lipinski definition) is 2. The number of ether oxygens (including phenoxy) is 3. The Morgan fingerprint density at radius 3 is 2.39 bits per heavy atom. The van der Waals surface area contributed by atoms with Crippen LogP contribution in [0.3, 0.4) is 0 Å². The highest BCUT2D eigenvalue weighted by Crippen LogP contribution is 2.35. The Bertz CT molecular complexity index is 1210. The van der Waals surface area contributed by atoms with Crippen molar-refractivity contribution in [3.8, 4) is 11.5 Å². The third-order valence-corrected chi connectivity index (χ3v) is 5.24. The Labute approximate surface area is 159 Å². The quantitative estimate of drug-likeness (QED) is 0.588. The number of aromatic nitrogens is 1. The fourth-order valence-corrected chi connectivity index (χ4v) is 3.62. The smallest absolute Gasteiger partial charge is 0.417 e. The zero-order chi connectivity index (χ0) is 20.5. The molecule has 0 spiro atoms. The maximum Gasteiger partial charge on any atom is 0.417 e. The summed E-state index contributed by atoms with van der Waals surface area (Å²) in [6.45, 7) is 0. The number of oxazole rings is 1. The zero-order valence-corrected chi connectivity index (χ0v) is 15.9. The molecule has 0 radical (unpaired) electrons. The Hall–Kier alpha value is -3.47. The lowest BCUT2D eigenvalue weighted by Crippen LogP contribution is -2.16. The van der Waals surface area contributed by atoms with Crippen molar-refractivity contribution in [3.63, 3.8) is 0 Å². The molecule has 1 heterocycles. The summed E-state index contributed by atoms with van der Waals surface area (Å²) in [7, 11) is -0.220. The highest BCUT2D eigenvalue weighted by molar-refractivity contribution is 7.92. The number of esters is 1. The van der Waals surface area contributed by atoms with Crippen LogP contribution in [0.5, 0.6) is 11.5 Å². The summed E-state index contributed by atoms with van der Waals surface area (Å²) in [6.07, 6.45) is 0. The van der Waals surface area contributed by atoms with Gasteiger partial charge >= 0.3 is 11.7 Å². The van der Waals surface area contributed by atoms with Crippen LogP contribution in [-0.4, -0.2) is 40.7 Å². The molecule has 10 nitrogen and oxygen atoms in total. The van der Waals surface area contributed by atoms with E-state index in [1.54, 1.807) is 0 Å². The first-order chi connectivity index (χ1) is 13.3. The summed E-state index contributed by atoms with van der Waals surface area (Å²) < 4.78 is 47.8. The van der Waals surface area contributed by atoms with Gasteiger partial charge in [0, 0.05) is 18.2 Å². The Kier molecular flexibility index (Phi) is 5.01. The number of H-pyrrole nitrogens is 1. The van der Waals surface area contributed by atoms with Crippen molar-refractivity contribution in [3.05, 3.63) is 46.4 Å². The SMILES string of the molecule is COC(=O)c1cc(OC)c(OC)cc1NS(=O)(=O)c1ccc2[nH]c(=O)oc2c1. The Morgan fingerprint density at radius 2 is 1.75 bits per heavy atom. The van der Waals surface area contributed by atoms with E-state index < -0.39 is 21.7 Å². The molecule has 3 rings (SSSR count). The number of methoxy groups -OCH3 is 3. The van der Waals surface area contributed by atoms with Gasteiger partial charge in [0.1, 0.15) is 0 Å². The highest BCUT2D eigenvalue weighted by Gasteiger charge is 2.23. The van der Waals surface area contributed by atoms with Crippen LogP contribution in [0.25, 0.3) is 11.1 Å². The van der Waals surface area contributed by atoms with Crippen molar-refractivity contribution in [2.24, 2.45) is 0 Å². The molecule has 0 saturated heterocycles. The number of benzene rings is 2. The highest BCUT2D eigenvalue weighted by atomic mass is 32.2. The predicted octanol–water partition coefficient (Wildman–Crippen LogP) is 1.73. The number of carbonyl (C=O) groups is 1. The number of rotatable bonds is 6. The molecular formula is C17H16N2O8S. The van der Waals surface area contributed by atoms with E-state index in [0.29, 0.717) is 5.52 Å². The van der Waals surface area contributed by atoms with Crippen molar-refractivity contribution in [2.75, 3.05) is 26.1 Å². The fourth-order valence-electron chi connectivity index (χ4n) is 2.54. The third-order valence-electron chi connectivity index (χ3n) is 3.88. The van der Waals surface area contributed by atoms with Crippen LogP contribution >= 0.6 is 0 Å². The molecule has 11 heteroatoms. The first-order valence-corrected chi connectivity index (χ1v) is 9.27. The standard InChI is InChI=1S/C17H16N2O8S/c1-24-14-7-10(16(20)26-3)12(8-15(14)25-2)19-28(22,23)9-4-5-11-13(6-9)27-17(21)18-11/h4-8,19H,1-3H3,(H,18,21). The van der Waals surface area contributed by atoms with Gasteiger partial charge in [0.2, 0.25) is 0 Å². The van der Waals surface area contributed by atoms with Crippen molar-refractivity contribution in [1.82, 2.24) is 4.98 Å². The summed E-state index contributed by atoms with van der Waals surface area (Å²) in [5.41, 5.74) is 0.289. The van der Waals surface area contributed by atoms with E-state index in [1.807, 2.05) is 0 Å². The lowest BCUT2D eigenvalue weighted by Gasteiger charge is -2.15. The van der Waals surface area contributed by atoms with Gasteiger partial charge in [-0.1, -0.05) is 0 Å². The summed E-state index contributed by atoms with van der Waals surface area (Å²) in [5.74, 6) is -1.04. The molecule has 0 bridgehead atoms. The second-order valence-electron chi connectivity index (χ2n) is 5.52. The van der Waals surface area contributed by atoms with Gasteiger partial charge in [-0.25, -0.2) is 18.0 Å². The molecule has 148 valence electrons. The molecule has 2 aromatic carbocycles. The number of sulfonamides is 1. The van der Waals surface area contributed by atoms with Gasteiger partial charge in [-0.05, 0) is 12.1 Å². The number of carbonyl (C=O) groups excluding carboxylic acids is 1. The van der Waals surface area contributed by atoms with Crippen LogP contribution in [0, 0.1) is 0 Å². The van der Waals surface area contributed by atoms with Crippen LogP contribution in [0.15, 0.2) is 44.4 Å². The molecule has 2 N–H and O–H groups in total. The average molecular weight is 408 g/mol. The number of nitrogens with one attached hydrogen (secondary N) is 2. The van der Waals surface area contributed by atoms with Gasteiger partial charge in [0.25, 0.3) is 10.0 Å². The molecule has 0 fully saturated rings. The van der Waals surface area contributed by atoms with Crippen molar-refractivity contribution in [2.45, 2.75) is 4.90 Å². The van der Waals surface area contributed by atoms with Crippen LogP contribution in [0.2, 0.25) is 0 Å². The monoisotopic (exact) mass is 408 g/mol. The molecule has 0 unspecified atom stereocenters. The van der Waals surface area contributed by atoms with Gasteiger partial charge in [-0.2, -0.15) is 0 Å². The van der Waals surface area contributed by atoms with Crippen LogP contribution < -0.4 is 20.0 Å². The molecule has 0 amide bonds. The summed E-state index contributed by atoms with van der Waals surface area (Å²) in [6, 6.07) is 6.47. The maximum atomic E-state index is 12.8. The van der Waals surface area contributed by atoms with Gasteiger partial charge < -0.3 is 18.6 Å². The van der Waals surface area contributed by atoms with E-state index in [9.17, 15) is 18.0 Å². The largest absolute Gasteiger partial charge is 0.493 e. The first-order valence-electron chi connectivity index (χ1n) is 7.79. The van der Waals surface area contributed by atoms with E-state index in [1.165, 1.54) is 51.7 Å². The van der Waals surface area contributed by atoms with Crippen molar-refractivity contribution < 1.29 is 31.8 Å². The minimum atomic E-state index is -4.13. The zero-order valence-electron chi connectivity index (χ0n) is 15.1. The molecule has 0 aliphatic rings. The first kappa shape index (κ1) is 19.3. The van der Waals surface area contributed by atoms with E-state index in [-0.39, 0.29) is 33.2 Å². The molecule has 0 aliphatic carbocycles. The van der Waals surface area contributed by atoms with Crippen LogP contribution in [0.1, 0.15) is 10.4 Å². The Morgan fingerprint density at radius 1 is 1.07 bits per heavy atom. The summed E-state index contributed by atoms with van der Waals surface area (Å²) >= 11 is 0. The van der Waals surface area contributed by atoms with E-state index in [4.69, 9.17) is 18.6 Å². The van der Waals surface area contributed by atoms with Crippen molar-refractivity contribution in [1.29, 1.82) is 0 Å². The van der Waals surface area contributed by atoms with Crippen molar-refractivity contribution >= 4 is 32.8 Å². The van der Waals surface area contributed by atoms with Gasteiger partial charge in [-0.3, -0.25) is 9.71 Å². The lowest BCUT2D eigenvalue weighted by atomic mass is 10.1. The molecule has 0 saturated carbocycles. The maximum absolute atomic E-state index is 12.8. The third kappa shape index (κ3) is 3.51. The molecule has 28 heavy (non-hydrogen) atoms. The summed E-state index contributed by atoms with van der Waals surface area (Å²) in [5, 5.41) is 0. The number of aromatic amines is 1. The second-order valence-corrected chi connectivity index (χ2v) is 7.20. The molecule has 3 aromatic rings. The average Bonchev–Trinajstić information content (AvgIpc) is 3.05. The minimum Gasteiger partial charge on any atom is -0.493 e. The normalized spacial score (nSPS) is 11.2. The molecule has 0 aliphatic heterocycles. The second kappa shape index (κ2) is 7.27. The van der Waals surface area contributed by atoms with E-state index in [2.05, 4.69) is 9.71 Å². The summed E-state index contributed by atoms with van der Waals surface area (Å²) in [4.78, 5) is 25.6. The topological polar surface area (TPSA) is 137 Å². The van der Waals surface area contributed by atoms with Crippen LogP contribution in [0.4, 0.5) is 5.69 Å². The molecule has 1 aromatic heterocycles. The lowest BCUT2D eigenvalue weighted by molar-refractivity contribution is 0.0601. The van der Waals surface area contributed by atoms with E-state index >= 15 is 0 Å². The fraction of sp³-hybridized carbons (Fsp3) is 0.176. The Balaban J connectivity index is 2.09.